The van der Waals surface area contributed by atoms with E-state index in [1.165, 1.54) is 6.92 Å². The summed E-state index contributed by atoms with van der Waals surface area (Å²) >= 11 is 0. The Morgan fingerprint density at radius 2 is 1.60 bits per heavy atom. The maximum Gasteiger partial charge on any atom is 0.302 e. The number of nitrogens with zero attached hydrogens (tertiary/aromatic N) is 3. The number of hydrogen-bond donors (Lipinski definition) is 1. The third-order valence-corrected chi connectivity index (χ3v) is 7.00. The number of aliphatic hydroxyl groups is 1. The molecule has 0 amide bonds. The van der Waals surface area contributed by atoms with Crippen molar-refractivity contribution >= 4 is 5.97 Å². The Kier molecular flexibility index (Phi) is 11.3. The summed E-state index contributed by atoms with van der Waals surface area (Å²) in [4.78, 5) is 14.6. The molecule has 2 aliphatic heterocycles. The van der Waals surface area contributed by atoms with Gasteiger partial charge in [-0.15, -0.1) is 0 Å². The van der Waals surface area contributed by atoms with Crippen molar-refractivity contribution < 1.29 is 43.1 Å². The molecule has 0 saturated carbocycles. The van der Waals surface area contributed by atoms with Gasteiger partial charge < -0.3 is 38.3 Å². The van der Waals surface area contributed by atoms with Gasteiger partial charge in [-0.2, -0.15) is 0 Å². The minimum absolute atomic E-state index is 0.101. The van der Waals surface area contributed by atoms with Crippen molar-refractivity contribution in [3.63, 3.8) is 0 Å². The molecule has 0 bridgehead atoms. The molecule has 2 aromatic carbocycles. The third-order valence-electron chi connectivity index (χ3n) is 7.00. The smallest absolute Gasteiger partial charge is 0.302 e. The fourth-order valence-corrected chi connectivity index (χ4v) is 5.07. The molecule has 42 heavy (non-hydrogen) atoms. The third kappa shape index (κ3) is 8.73. The van der Waals surface area contributed by atoms with Gasteiger partial charge in [-0.3, -0.25) is 4.79 Å². The van der Waals surface area contributed by atoms with Crippen LogP contribution >= 0.6 is 0 Å². The summed E-state index contributed by atoms with van der Waals surface area (Å²) in [5.41, 5.74) is 11.1. The van der Waals surface area contributed by atoms with Crippen LogP contribution in [0.5, 0.6) is 0 Å². The lowest BCUT2D eigenvalue weighted by molar-refractivity contribution is -0.321. The van der Waals surface area contributed by atoms with Crippen molar-refractivity contribution in [1.82, 2.24) is 0 Å². The Balaban J connectivity index is 1.58. The van der Waals surface area contributed by atoms with Crippen molar-refractivity contribution in [2.75, 3.05) is 13.2 Å². The fourth-order valence-electron chi connectivity index (χ4n) is 5.07. The fraction of sp³-hybridized carbons (Fsp3) is 0.567. The van der Waals surface area contributed by atoms with E-state index in [4.69, 9.17) is 33.2 Å². The van der Waals surface area contributed by atoms with E-state index in [2.05, 4.69) is 10.0 Å². The van der Waals surface area contributed by atoms with E-state index in [-0.39, 0.29) is 32.5 Å². The Labute approximate surface area is 245 Å². The van der Waals surface area contributed by atoms with Crippen molar-refractivity contribution in [2.24, 2.45) is 5.11 Å². The van der Waals surface area contributed by atoms with Gasteiger partial charge in [0, 0.05) is 11.8 Å². The zero-order valence-electron chi connectivity index (χ0n) is 24.3. The lowest BCUT2D eigenvalue weighted by Crippen LogP contribution is -2.61. The largest absolute Gasteiger partial charge is 0.463 e. The van der Waals surface area contributed by atoms with Crippen LogP contribution in [0.1, 0.15) is 38.8 Å². The number of carbonyl (C=O) groups is 1. The standard InChI is InChI=1S/C30H39N3O9/c1-19-26(42-30(3,4)41-19)23(32-33-31)17-39-29-28(38-16-22-13-9-6-10-14-22)27(37-15-21-11-7-5-8-12-21)25(35)24(40-29)18-36-20(2)34/h5-14,19,23-29,35H,15-18H2,1-4H3/t19-,23?,24?,25-,26-,27?,28?,29+/m1/s1. The molecule has 12 nitrogen and oxygen atoms in total. The number of hydrogen-bond acceptors (Lipinski definition) is 10. The van der Waals surface area contributed by atoms with Gasteiger partial charge in [0.05, 0.1) is 38.1 Å². The minimum Gasteiger partial charge on any atom is -0.463 e. The number of benzene rings is 2. The molecule has 2 fully saturated rings. The summed E-state index contributed by atoms with van der Waals surface area (Å²) in [6.45, 7) is 6.72. The maximum absolute atomic E-state index is 11.6. The Hall–Kier alpha value is -3.06. The van der Waals surface area contributed by atoms with Gasteiger partial charge in [0.1, 0.15) is 31.0 Å². The first-order chi connectivity index (χ1) is 20.2. The van der Waals surface area contributed by atoms with Crippen LogP contribution in [0.2, 0.25) is 0 Å². The predicted octanol–water partition coefficient (Wildman–Crippen LogP) is 4.04. The molecule has 2 saturated heterocycles. The van der Waals surface area contributed by atoms with Crippen LogP contribution in [0.15, 0.2) is 65.8 Å². The average molecular weight is 586 g/mol. The van der Waals surface area contributed by atoms with E-state index in [0.717, 1.165) is 11.1 Å². The van der Waals surface area contributed by atoms with Crippen molar-refractivity contribution in [3.8, 4) is 0 Å². The number of ether oxygens (including phenoxy) is 7. The zero-order valence-corrected chi connectivity index (χ0v) is 24.3. The second-order valence-corrected chi connectivity index (χ2v) is 10.8. The minimum atomic E-state index is -1.21. The van der Waals surface area contributed by atoms with Crippen LogP contribution in [0.4, 0.5) is 0 Å². The predicted molar refractivity (Wildman–Crippen MR) is 150 cm³/mol. The number of esters is 1. The monoisotopic (exact) mass is 585 g/mol. The summed E-state index contributed by atoms with van der Waals surface area (Å²) in [5, 5.41) is 15.3. The summed E-state index contributed by atoms with van der Waals surface area (Å²) in [6.07, 6.45) is -6.03. The number of carbonyl (C=O) groups excluding carboxylic acids is 1. The van der Waals surface area contributed by atoms with Crippen LogP contribution in [-0.4, -0.2) is 79.0 Å². The number of rotatable bonds is 13. The first-order valence-electron chi connectivity index (χ1n) is 14.0. The molecule has 1 N–H and O–H groups in total. The molecule has 0 spiro atoms. The van der Waals surface area contributed by atoms with Crippen LogP contribution < -0.4 is 0 Å². The van der Waals surface area contributed by atoms with Gasteiger partial charge in [0.15, 0.2) is 12.1 Å². The summed E-state index contributed by atoms with van der Waals surface area (Å²) < 4.78 is 41.9. The number of aliphatic hydroxyl groups excluding tert-OH is 1. The van der Waals surface area contributed by atoms with E-state index >= 15 is 0 Å². The maximum atomic E-state index is 11.6. The molecule has 8 atom stereocenters. The van der Waals surface area contributed by atoms with Gasteiger partial charge in [0.25, 0.3) is 0 Å². The van der Waals surface area contributed by atoms with Crippen molar-refractivity contribution in [2.45, 2.75) is 95.7 Å². The van der Waals surface area contributed by atoms with Gasteiger partial charge in [-0.25, -0.2) is 0 Å². The highest BCUT2D eigenvalue weighted by Gasteiger charge is 2.49. The molecule has 2 heterocycles. The van der Waals surface area contributed by atoms with E-state index in [9.17, 15) is 15.4 Å². The second kappa shape index (κ2) is 14.9. The van der Waals surface area contributed by atoms with Crippen LogP contribution in [0.25, 0.3) is 10.4 Å². The molecule has 0 aliphatic carbocycles. The lowest BCUT2D eigenvalue weighted by Gasteiger charge is -2.44. The van der Waals surface area contributed by atoms with Gasteiger partial charge >= 0.3 is 5.97 Å². The molecular weight excluding hydrogens is 546 g/mol. The molecule has 4 unspecified atom stereocenters. The first kappa shape index (κ1) is 31.9. The quantitative estimate of drug-likeness (QED) is 0.159. The Morgan fingerprint density at radius 1 is 1.00 bits per heavy atom. The van der Waals surface area contributed by atoms with Crippen molar-refractivity contribution in [1.29, 1.82) is 0 Å². The Morgan fingerprint density at radius 3 is 2.12 bits per heavy atom. The molecule has 0 radical (unpaired) electrons. The molecule has 2 aromatic rings. The lowest BCUT2D eigenvalue weighted by atomic mass is 9.98. The van der Waals surface area contributed by atoms with Gasteiger partial charge in [-0.05, 0) is 37.4 Å². The SMILES string of the molecule is CC(=O)OCC1O[C@H](OCC(N=[N+]=[N-])[C@@H]2OC(C)(C)O[C@@H]2C)C(OCc2ccccc2)C(OCc2ccccc2)[C@@H]1O. The highest BCUT2D eigenvalue weighted by Crippen LogP contribution is 2.33. The molecule has 0 aromatic heterocycles. The molecule has 2 aliphatic rings. The van der Waals surface area contributed by atoms with E-state index in [1.54, 1.807) is 13.8 Å². The van der Waals surface area contributed by atoms with Crippen LogP contribution in [0.3, 0.4) is 0 Å². The molecule has 12 heteroatoms. The highest BCUT2D eigenvalue weighted by atomic mass is 16.8. The average Bonchev–Trinajstić information content (AvgIpc) is 3.25. The van der Waals surface area contributed by atoms with E-state index in [1.807, 2.05) is 67.6 Å². The van der Waals surface area contributed by atoms with Crippen molar-refractivity contribution in [3.05, 3.63) is 82.2 Å². The van der Waals surface area contributed by atoms with Gasteiger partial charge in [-0.1, -0.05) is 65.8 Å². The number of azide groups is 1. The van der Waals surface area contributed by atoms with Gasteiger partial charge in [0.2, 0.25) is 0 Å². The molecule has 4 rings (SSSR count). The second-order valence-electron chi connectivity index (χ2n) is 10.8. The topological polar surface area (TPSA) is 151 Å². The normalized spacial score (nSPS) is 29.4. The summed E-state index contributed by atoms with van der Waals surface area (Å²) in [5.74, 6) is -1.38. The van der Waals surface area contributed by atoms with Crippen LogP contribution in [0, 0.1) is 0 Å². The molecule has 228 valence electrons. The highest BCUT2D eigenvalue weighted by molar-refractivity contribution is 5.65. The summed E-state index contributed by atoms with van der Waals surface area (Å²) in [7, 11) is 0. The zero-order chi connectivity index (χ0) is 30.1. The molecular formula is C30H39N3O9. The Bertz CT molecular complexity index is 1180. The summed E-state index contributed by atoms with van der Waals surface area (Å²) in [6, 6.07) is 18.3. The van der Waals surface area contributed by atoms with Crippen LogP contribution in [-0.2, 0) is 51.2 Å². The van der Waals surface area contributed by atoms with E-state index in [0.29, 0.717) is 0 Å². The van der Waals surface area contributed by atoms with E-state index < -0.39 is 54.6 Å². The first-order valence-corrected chi connectivity index (χ1v) is 14.0.